The maximum atomic E-state index is 12.2. The highest BCUT2D eigenvalue weighted by atomic mass is 16.5. The molecule has 2 rings (SSSR count). The number of amides is 1. The first-order valence-electron chi connectivity index (χ1n) is 6.35. The van der Waals surface area contributed by atoms with E-state index in [1.54, 1.807) is 0 Å². The lowest BCUT2D eigenvalue weighted by Crippen LogP contribution is -2.41. The first-order valence-corrected chi connectivity index (χ1v) is 6.35. The van der Waals surface area contributed by atoms with Crippen LogP contribution in [0.25, 0.3) is 0 Å². The number of carbonyl (C=O) groups excluding carboxylic acids is 1. The number of hydrogen-bond acceptors (Lipinski definition) is 3. The third kappa shape index (κ3) is 3.01. The van der Waals surface area contributed by atoms with Gasteiger partial charge in [0.15, 0.2) is 0 Å². The predicted molar refractivity (Wildman–Crippen MR) is 71.2 cm³/mol. The van der Waals surface area contributed by atoms with Gasteiger partial charge in [0, 0.05) is 32.0 Å². The molecule has 1 aliphatic heterocycles. The largest absolute Gasteiger partial charge is 0.398 e. The maximum absolute atomic E-state index is 12.2. The Labute approximate surface area is 108 Å². The van der Waals surface area contributed by atoms with Gasteiger partial charge in [-0.25, -0.2) is 0 Å². The summed E-state index contributed by atoms with van der Waals surface area (Å²) in [5, 5.41) is 0. The Bertz CT molecular complexity index is 414. The fraction of sp³-hybridized carbons (Fsp3) is 0.500. The number of rotatable bonds is 3. The molecule has 0 atom stereocenters. The second-order valence-electron chi connectivity index (χ2n) is 4.72. The summed E-state index contributed by atoms with van der Waals surface area (Å²) in [6.45, 7) is 1.49. The normalized spacial score (nSPS) is 16.5. The van der Waals surface area contributed by atoms with E-state index in [1.807, 2.05) is 36.2 Å². The molecule has 0 unspecified atom stereocenters. The van der Waals surface area contributed by atoms with Gasteiger partial charge in [-0.15, -0.1) is 0 Å². The molecule has 1 aliphatic rings. The molecule has 0 bridgehead atoms. The van der Waals surface area contributed by atoms with Crippen molar-refractivity contribution in [3.05, 3.63) is 29.8 Å². The molecular formula is C14H20N2O2. The highest BCUT2D eigenvalue weighted by molar-refractivity contribution is 5.80. The van der Waals surface area contributed by atoms with E-state index < -0.39 is 0 Å². The third-order valence-electron chi connectivity index (χ3n) is 3.53. The first kappa shape index (κ1) is 12.9. The van der Waals surface area contributed by atoms with Crippen LogP contribution in [0.4, 0.5) is 5.69 Å². The zero-order valence-electron chi connectivity index (χ0n) is 10.8. The van der Waals surface area contributed by atoms with Crippen LogP contribution in [-0.2, 0) is 16.0 Å². The van der Waals surface area contributed by atoms with Crippen LogP contribution in [0.1, 0.15) is 18.4 Å². The number of anilines is 1. The Balaban J connectivity index is 1.97. The minimum atomic E-state index is 0.125. The predicted octanol–water partition coefficient (Wildman–Crippen LogP) is 1.45. The molecule has 0 saturated carbocycles. The number of benzene rings is 1. The van der Waals surface area contributed by atoms with Gasteiger partial charge in [0.25, 0.3) is 0 Å². The van der Waals surface area contributed by atoms with E-state index in [9.17, 15) is 4.79 Å². The van der Waals surface area contributed by atoms with Crippen LogP contribution < -0.4 is 5.73 Å². The minimum absolute atomic E-state index is 0.125. The lowest BCUT2D eigenvalue weighted by Gasteiger charge is -2.31. The van der Waals surface area contributed by atoms with Crippen molar-refractivity contribution in [3.63, 3.8) is 0 Å². The summed E-state index contributed by atoms with van der Waals surface area (Å²) in [6.07, 6.45) is 2.22. The lowest BCUT2D eigenvalue weighted by molar-refractivity contribution is -0.132. The van der Waals surface area contributed by atoms with Crippen molar-refractivity contribution in [2.75, 3.05) is 26.0 Å². The van der Waals surface area contributed by atoms with Gasteiger partial charge in [-0.1, -0.05) is 18.2 Å². The van der Waals surface area contributed by atoms with E-state index in [4.69, 9.17) is 10.5 Å². The average Bonchev–Trinajstić information content (AvgIpc) is 2.41. The zero-order chi connectivity index (χ0) is 13.0. The zero-order valence-corrected chi connectivity index (χ0v) is 10.8. The van der Waals surface area contributed by atoms with Crippen molar-refractivity contribution in [1.82, 2.24) is 4.90 Å². The van der Waals surface area contributed by atoms with Crippen LogP contribution in [-0.4, -0.2) is 37.1 Å². The van der Waals surface area contributed by atoms with E-state index in [0.29, 0.717) is 18.2 Å². The molecule has 0 aliphatic carbocycles. The first-order chi connectivity index (χ1) is 8.68. The van der Waals surface area contributed by atoms with Crippen LogP contribution in [0.3, 0.4) is 0 Å². The smallest absolute Gasteiger partial charge is 0.227 e. The van der Waals surface area contributed by atoms with Gasteiger partial charge in [0.2, 0.25) is 5.91 Å². The van der Waals surface area contributed by atoms with Gasteiger partial charge in [-0.05, 0) is 24.5 Å². The summed E-state index contributed by atoms with van der Waals surface area (Å²) in [5.41, 5.74) is 7.45. The Kier molecular flexibility index (Phi) is 4.20. The average molecular weight is 248 g/mol. The number of hydrogen-bond donors (Lipinski definition) is 1. The standard InChI is InChI=1S/C14H20N2O2/c1-16(12-6-8-18-9-7-12)14(17)10-11-4-2-3-5-13(11)15/h2-5,12H,6-10,15H2,1H3. The fourth-order valence-electron chi connectivity index (χ4n) is 2.26. The van der Waals surface area contributed by atoms with E-state index in [-0.39, 0.29) is 5.91 Å². The molecule has 4 nitrogen and oxygen atoms in total. The van der Waals surface area contributed by atoms with E-state index in [2.05, 4.69) is 0 Å². The van der Waals surface area contributed by atoms with Crippen molar-refractivity contribution in [3.8, 4) is 0 Å². The SMILES string of the molecule is CN(C(=O)Cc1ccccc1N)C1CCOCC1. The monoisotopic (exact) mass is 248 g/mol. The molecule has 1 aromatic rings. The van der Waals surface area contributed by atoms with Gasteiger partial charge >= 0.3 is 0 Å². The molecule has 1 aromatic carbocycles. The summed E-state index contributed by atoms with van der Waals surface area (Å²) >= 11 is 0. The molecule has 1 saturated heterocycles. The molecule has 1 amide bonds. The van der Waals surface area contributed by atoms with Crippen LogP contribution in [0.15, 0.2) is 24.3 Å². The summed E-state index contributed by atoms with van der Waals surface area (Å²) in [7, 11) is 1.87. The second kappa shape index (κ2) is 5.87. The van der Waals surface area contributed by atoms with Gasteiger partial charge in [-0.3, -0.25) is 4.79 Å². The third-order valence-corrected chi connectivity index (χ3v) is 3.53. The van der Waals surface area contributed by atoms with E-state index in [1.165, 1.54) is 0 Å². The molecule has 0 spiro atoms. The summed E-state index contributed by atoms with van der Waals surface area (Å²) < 4.78 is 5.31. The van der Waals surface area contributed by atoms with Crippen molar-refractivity contribution >= 4 is 11.6 Å². The molecule has 18 heavy (non-hydrogen) atoms. The molecule has 4 heteroatoms. The molecule has 2 N–H and O–H groups in total. The van der Waals surface area contributed by atoms with Gasteiger partial charge in [-0.2, -0.15) is 0 Å². The summed E-state index contributed by atoms with van der Waals surface area (Å²) in [4.78, 5) is 14.0. The quantitative estimate of drug-likeness (QED) is 0.824. The topological polar surface area (TPSA) is 55.6 Å². The van der Waals surface area contributed by atoms with Crippen molar-refractivity contribution in [2.45, 2.75) is 25.3 Å². The van der Waals surface area contributed by atoms with Crippen LogP contribution >= 0.6 is 0 Å². The Morgan fingerprint density at radius 1 is 1.39 bits per heavy atom. The number of ether oxygens (including phenoxy) is 1. The number of nitrogen functional groups attached to an aromatic ring is 1. The summed E-state index contributed by atoms with van der Waals surface area (Å²) in [5.74, 6) is 0.125. The maximum Gasteiger partial charge on any atom is 0.227 e. The molecule has 98 valence electrons. The molecule has 1 fully saturated rings. The highest BCUT2D eigenvalue weighted by Crippen LogP contribution is 2.16. The Morgan fingerprint density at radius 2 is 2.06 bits per heavy atom. The summed E-state index contributed by atoms with van der Waals surface area (Å²) in [6, 6.07) is 7.83. The number of nitrogens with two attached hydrogens (primary N) is 1. The number of nitrogens with zero attached hydrogens (tertiary/aromatic N) is 1. The van der Waals surface area contributed by atoms with E-state index in [0.717, 1.165) is 31.6 Å². The molecule has 1 heterocycles. The number of likely N-dealkylation sites (N-methyl/N-ethyl adjacent to an activating group) is 1. The van der Waals surface area contributed by atoms with Crippen LogP contribution in [0, 0.1) is 0 Å². The van der Waals surface area contributed by atoms with Crippen molar-refractivity contribution in [2.24, 2.45) is 0 Å². The number of carbonyl (C=O) groups is 1. The Morgan fingerprint density at radius 3 is 2.72 bits per heavy atom. The van der Waals surface area contributed by atoms with Gasteiger partial charge in [0.05, 0.1) is 6.42 Å². The van der Waals surface area contributed by atoms with Crippen molar-refractivity contribution in [1.29, 1.82) is 0 Å². The minimum Gasteiger partial charge on any atom is -0.398 e. The fourth-order valence-corrected chi connectivity index (χ4v) is 2.26. The van der Waals surface area contributed by atoms with Gasteiger partial charge in [0.1, 0.15) is 0 Å². The van der Waals surface area contributed by atoms with Gasteiger partial charge < -0.3 is 15.4 Å². The van der Waals surface area contributed by atoms with Crippen LogP contribution in [0.2, 0.25) is 0 Å². The molecule has 0 aromatic heterocycles. The lowest BCUT2D eigenvalue weighted by atomic mass is 10.1. The highest BCUT2D eigenvalue weighted by Gasteiger charge is 2.22. The Hall–Kier alpha value is -1.55. The number of para-hydroxylation sites is 1. The van der Waals surface area contributed by atoms with E-state index >= 15 is 0 Å². The van der Waals surface area contributed by atoms with Crippen molar-refractivity contribution < 1.29 is 9.53 Å². The molecule has 0 radical (unpaired) electrons. The van der Waals surface area contributed by atoms with Crippen LogP contribution in [0.5, 0.6) is 0 Å². The second-order valence-corrected chi connectivity index (χ2v) is 4.72. The molecular weight excluding hydrogens is 228 g/mol.